The van der Waals surface area contributed by atoms with Gasteiger partial charge in [0.2, 0.25) is 0 Å². The first-order chi connectivity index (χ1) is 12.8. The van der Waals surface area contributed by atoms with Crippen LogP contribution >= 0.6 is 0 Å². The van der Waals surface area contributed by atoms with Gasteiger partial charge in [0.15, 0.2) is 0 Å². The number of carbonyl (C=O) groups is 2. The summed E-state index contributed by atoms with van der Waals surface area (Å²) in [7, 11) is 0. The fourth-order valence-corrected chi connectivity index (χ4v) is 3.52. The predicted molar refractivity (Wildman–Crippen MR) is 101 cm³/mol. The standard InChI is InChI=1S/C21H21N3O2/c25-20-18(22-16-10-4-1-5-11-16)19(23-14-8-3-9-15-23)21(26)24(20)17-12-6-2-7-13-17/h1-2,4-7,10-13,22H,3,8-9,14-15H2. The van der Waals surface area contributed by atoms with Crippen molar-refractivity contribution in [2.45, 2.75) is 19.3 Å². The second-order valence-corrected chi connectivity index (χ2v) is 6.54. The Morgan fingerprint density at radius 2 is 1.35 bits per heavy atom. The molecule has 2 aromatic carbocycles. The minimum atomic E-state index is -0.300. The van der Waals surface area contributed by atoms with E-state index in [-0.39, 0.29) is 11.8 Å². The van der Waals surface area contributed by atoms with E-state index in [2.05, 4.69) is 10.2 Å². The van der Waals surface area contributed by atoms with Crippen LogP contribution in [0.25, 0.3) is 0 Å². The second kappa shape index (κ2) is 7.04. The molecule has 0 unspecified atom stereocenters. The van der Waals surface area contributed by atoms with Gasteiger partial charge in [0, 0.05) is 18.8 Å². The summed E-state index contributed by atoms with van der Waals surface area (Å²) < 4.78 is 0. The van der Waals surface area contributed by atoms with E-state index in [1.54, 1.807) is 12.1 Å². The van der Waals surface area contributed by atoms with Crippen LogP contribution in [0.4, 0.5) is 11.4 Å². The number of nitrogens with one attached hydrogen (secondary N) is 1. The summed E-state index contributed by atoms with van der Waals surface area (Å²) in [6.45, 7) is 1.61. The maximum Gasteiger partial charge on any atom is 0.284 e. The molecule has 1 saturated heterocycles. The number of amides is 2. The molecule has 0 bridgehead atoms. The summed E-state index contributed by atoms with van der Waals surface area (Å²) in [5.41, 5.74) is 2.25. The van der Waals surface area contributed by atoms with Gasteiger partial charge in [-0.1, -0.05) is 36.4 Å². The molecule has 26 heavy (non-hydrogen) atoms. The van der Waals surface area contributed by atoms with Crippen LogP contribution in [0.15, 0.2) is 72.1 Å². The highest BCUT2D eigenvalue weighted by Gasteiger charge is 2.42. The third-order valence-corrected chi connectivity index (χ3v) is 4.79. The van der Waals surface area contributed by atoms with Crippen molar-refractivity contribution in [1.29, 1.82) is 0 Å². The highest BCUT2D eigenvalue weighted by atomic mass is 16.2. The van der Waals surface area contributed by atoms with E-state index in [9.17, 15) is 9.59 Å². The van der Waals surface area contributed by atoms with Crippen molar-refractivity contribution in [1.82, 2.24) is 4.90 Å². The van der Waals surface area contributed by atoms with Gasteiger partial charge in [0.25, 0.3) is 11.8 Å². The Hall–Kier alpha value is -3.08. The number of piperidine rings is 1. The Kier molecular flexibility index (Phi) is 4.44. The van der Waals surface area contributed by atoms with Gasteiger partial charge in [0.1, 0.15) is 11.4 Å². The Morgan fingerprint density at radius 3 is 2.00 bits per heavy atom. The smallest absolute Gasteiger partial charge is 0.284 e. The van der Waals surface area contributed by atoms with Crippen molar-refractivity contribution in [3.05, 3.63) is 72.1 Å². The van der Waals surface area contributed by atoms with E-state index in [1.165, 1.54) is 4.90 Å². The molecule has 5 nitrogen and oxygen atoms in total. The molecule has 2 aliphatic heterocycles. The van der Waals surface area contributed by atoms with Gasteiger partial charge in [-0.2, -0.15) is 0 Å². The monoisotopic (exact) mass is 347 g/mol. The number of hydrogen-bond acceptors (Lipinski definition) is 4. The molecule has 2 aromatic rings. The summed E-state index contributed by atoms with van der Waals surface area (Å²) in [5, 5.41) is 3.19. The Labute approximate surface area is 152 Å². The zero-order valence-electron chi connectivity index (χ0n) is 14.5. The number of likely N-dealkylation sites (tertiary alicyclic amines) is 1. The van der Waals surface area contributed by atoms with Crippen LogP contribution in [0.3, 0.4) is 0 Å². The van der Waals surface area contributed by atoms with Gasteiger partial charge in [0.05, 0.1) is 5.69 Å². The fraction of sp³-hybridized carbons (Fsp3) is 0.238. The largest absolute Gasteiger partial charge is 0.365 e. The predicted octanol–water partition coefficient (Wildman–Crippen LogP) is 3.37. The lowest BCUT2D eigenvalue weighted by molar-refractivity contribution is -0.121. The number of imide groups is 1. The third kappa shape index (κ3) is 2.96. The molecule has 0 aliphatic carbocycles. The maximum atomic E-state index is 13.2. The topological polar surface area (TPSA) is 52.7 Å². The molecule has 0 spiro atoms. The molecule has 0 aromatic heterocycles. The maximum absolute atomic E-state index is 13.2. The zero-order valence-corrected chi connectivity index (χ0v) is 14.5. The van der Waals surface area contributed by atoms with Crippen LogP contribution in [0.2, 0.25) is 0 Å². The first-order valence-electron chi connectivity index (χ1n) is 9.01. The molecule has 0 atom stereocenters. The highest BCUT2D eigenvalue weighted by molar-refractivity contribution is 6.33. The quantitative estimate of drug-likeness (QED) is 0.862. The molecule has 0 radical (unpaired) electrons. The van der Waals surface area contributed by atoms with E-state index in [0.29, 0.717) is 17.1 Å². The summed E-state index contributed by atoms with van der Waals surface area (Å²) in [6, 6.07) is 18.6. The molecule has 1 N–H and O–H groups in total. The minimum Gasteiger partial charge on any atom is -0.365 e. The Morgan fingerprint density at radius 1 is 0.731 bits per heavy atom. The van der Waals surface area contributed by atoms with Gasteiger partial charge < -0.3 is 10.2 Å². The van der Waals surface area contributed by atoms with E-state index >= 15 is 0 Å². The molecule has 0 saturated carbocycles. The van der Waals surface area contributed by atoms with Gasteiger partial charge in [-0.05, 0) is 43.5 Å². The third-order valence-electron chi connectivity index (χ3n) is 4.79. The van der Waals surface area contributed by atoms with Crippen molar-refractivity contribution < 1.29 is 9.59 Å². The minimum absolute atomic E-state index is 0.249. The van der Waals surface area contributed by atoms with Crippen LogP contribution in [0.1, 0.15) is 19.3 Å². The summed E-state index contributed by atoms with van der Waals surface area (Å²) in [4.78, 5) is 29.6. The van der Waals surface area contributed by atoms with Crippen molar-refractivity contribution in [2.24, 2.45) is 0 Å². The molecular formula is C21H21N3O2. The van der Waals surface area contributed by atoms with Crippen molar-refractivity contribution >= 4 is 23.2 Å². The Bertz CT molecular complexity index is 840. The van der Waals surface area contributed by atoms with Crippen LogP contribution < -0.4 is 10.2 Å². The van der Waals surface area contributed by atoms with Gasteiger partial charge >= 0.3 is 0 Å². The average molecular weight is 347 g/mol. The van der Waals surface area contributed by atoms with Crippen LogP contribution in [0.5, 0.6) is 0 Å². The van der Waals surface area contributed by atoms with E-state index in [4.69, 9.17) is 0 Å². The number of carbonyl (C=O) groups excluding carboxylic acids is 2. The molecule has 2 amide bonds. The second-order valence-electron chi connectivity index (χ2n) is 6.54. The molecule has 132 valence electrons. The van der Waals surface area contributed by atoms with Gasteiger partial charge in [-0.15, -0.1) is 0 Å². The van der Waals surface area contributed by atoms with Crippen molar-refractivity contribution in [3.63, 3.8) is 0 Å². The van der Waals surface area contributed by atoms with E-state index < -0.39 is 0 Å². The number of benzene rings is 2. The summed E-state index contributed by atoms with van der Waals surface area (Å²) >= 11 is 0. The molecular weight excluding hydrogens is 326 g/mol. The zero-order chi connectivity index (χ0) is 17.9. The number of anilines is 2. The van der Waals surface area contributed by atoms with Gasteiger partial charge in [-0.3, -0.25) is 9.59 Å². The average Bonchev–Trinajstić information content (AvgIpc) is 2.94. The summed E-state index contributed by atoms with van der Waals surface area (Å²) in [5.74, 6) is -0.549. The lowest BCUT2D eigenvalue weighted by Gasteiger charge is -2.29. The first kappa shape index (κ1) is 16.4. The van der Waals surface area contributed by atoms with Crippen LogP contribution in [0, 0.1) is 0 Å². The highest BCUT2D eigenvalue weighted by Crippen LogP contribution is 2.31. The van der Waals surface area contributed by atoms with Gasteiger partial charge in [-0.25, -0.2) is 4.90 Å². The van der Waals surface area contributed by atoms with Crippen LogP contribution in [-0.2, 0) is 9.59 Å². The number of para-hydroxylation sites is 2. The van der Waals surface area contributed by atoms with Crippen molar-refractivity contribution in [2.75, 3.05) is 23.3 Å². The van der Waals surface area contributed by atoms with E-state index in [0.717, 1.165) is 38.0 Å². The Balaban J connectivity index is 1.74. The number of rotatable bonds is 4. The first-order valence-corrected chi connectivity index (χ1v) is 9.01. The molecule has 4 rings (SSSR count). The van der Waals surface area contributed by atoms with E-state index in [1.807, 2.05) is 48.5 Å². The fourth-order valence-electron chi connectivity index (χ4n) is 3.52. The molecule has 2 aliphatic rings. The van der Waals surface area contributed by atoms with Crippen LogP contribution in [-0.4, -0.2) is 29.8 Å². The summed E-state index contributed by atoms with van der Waals surface area (Å²) in [6.07, 6.45) is 3.24. The SMILES string of the molecule is O=C1C(Nc2ccccc2)=C(N2CCCCC2)C(=O)N1c1ccccc1. The lowest BCUT2D eigenvalue weighted by atomic mass is 10.1. The molecule has 5 heteroatoms. The van der Waals surface area contributed by atoms with Crippen molar-refractivity contribution in [3.8, 4) is 0 Å². The molecule has 2 heterocycles. The normalized spacial score (nSPS) is 17.8. The molecule has 1 fully saturated rings. The number of hydrogen-bond donors (Lipinski definition) is 1. The number of nitrogens with zero attached hydrogens (tertiary/aromatic N) is 2. The lowest BCUT2D eigenvalue weighted by Crippen LogP contribution is -2.37.